The highest BCUT2D eigenvalue weighted by molar-refractivity contribution is 7.03. The molecule has 0 bridgehead atoms. The molecule has 0 amide bonds. The molecule has 1 aromatic heterocycles. The van der Waals surface area contributed by atoms with E-state index in [0.717, 1.165) is 0 Å². The summed E-state index contributed by atoms with van der Waals surface area (Å²) in [5.41, 5.74) is 5.24. The molecule has 1 unspecified atom stereocenters. The van der Waals surface area contributed by atoms with Gasteiger partial charge in [0.1, 0.15) is 5.60 Å². The monoisotopic (exact) mass is 186 g/mol. The summed E-state index contributed by atoms with van der Waals surface area (Å²) in [7, 11) is 0. The van der Waals surface area contributed by atoms with Crippen LogP contribution in [0.15, 0.2) is 11.4 Å². The number of nitrogens with zero attached hydrogens (tertiary/aromatic N) is 1. The zero-order chi connectivity index (χ0) is 9.19. The second-order valence-corrected chi connectivity index (χ2v) is 3.83. The fraction of sp³-hybridized carbons (Fsp3) is 0.625. The van der Waals surface area contributed by atoms with Crippen molar-refractivity contribution in [2.45, 2.75) is 19.4 Å². The van der Waals surface area contributed by atoms with Crippen LogP contribution in [0.1, 0.15) is 19.5 Å². The van der Waals surface area contributed by atoms with Crippen molar-refractivity contribution in [1.29, 1.82) is 0 Å². The number of rotatable bonds is 3. The van der Waals surface area contributed by atoms with Crippen LogP contribution in [0.2, 0.25) is 0 Å². The molecule has 1 atom stereocenters. The van der Waals surface area contributed by atoms with E-state index in [1.807, 2.05) is 25.3 Å². The Morgan fingerprint density at radius 1 is 1.75 bits per heavy atom. The minimum atomic E-state index is -0.958. The molecule has 3 nitrogen and oxygen atoms in total. The third-order valence-corrected chi connectivity index (χ3v) is 2.71. The molecule has 0 saturated heterocycles. The van der Waals surface area contributed by atoms with Crippen LogP contribution >= 0.6 is 11.5 Å². The van der Waals surface area contributed by atoms with Crippen LogP contribution in [0.5, 0.6) is 0 Å². The van der Waals surface area contributed by atoms with Crippen molar-refractivity contribution >= 4 is 11.5 Å². The Kier molecular flexibility index (Phi) is 2.82. The molecule has 0 aliphatic carbocycles. The molecule has 0 aliphatic heterocycles. The lowest BCUT2D eigenvalue weighted by Crippen LogP contribution is -2.40. The first kappa shape index (κ1) is 9.64. The van der Waals surface area contributed by atoms with Gasteiger partial charge in [-0.2, -0.15) is 4.37 Å². The third kappa shape index (κ3) is 1.50. The normalized spacial score (nSPS) is 16.4. The Morgan fingerprint density at radius 2 is 2.42 bits per heavy atom. The van der Waals surface area contributed by atoms with Gasteiger partial charge < -0.3 is 10.8 Å². The molecule has 0 saturated carbocycles. The summed E-state index contributed by atoms with van der Waals surface area (Å²) in [6.07, 6.45) is 0. The lowest BCUT2D eigenvalue weighted by molar-refractivity contribution is -0.00434. The van der Waals surface area contributed by atoms with Gasteiger partial charge in [0.15, 0.2) is 0 Å². The summed E-state index contributed by atoms with van der Waals surface area (Å²) >= 11 is 1.33. The molecule has 1 heterocycles. The van der Waals surface area contributed by atoms with Gasteiger partial charge in [-0.15, -0.1) is 0 Å². The van der Waals surface area contributed by atoms with Gasteiger partial charge >= 0.3 is 0 Å². The molecule has 0 aromatic carbocycles. The van der Waals surface area contributed by atoms with Gasteiger partial charge in [-0.25, -0.2) is 0 Å². The van der Waals surface area contributed by atoms with E-state index < -0.39 is 5.60 Å². The molecule has 0 spiro atoms. The van der Waals surface area contributed by atoms with E-state index in [2.05, 4.69) is 4.37 Å². The molecular weight excluding hydrogens is 172 g/mol. The number of aromatic nitrogens is 1. The summed E-state index contributed by atoms with van der Waals surface area (Å²) in [6, 6.07) is 1.82. The molecule has 4 heteroatoms. The SMILES string of the molecule is CC(C)C(O)(CN)c1ccsn1. The molecule has 1 rings (SSSR count). The van der Waals surface area contributed by atoms with Gasteiger partial charge in [0.2, 0.25) is 0 Å². The van der Waals surface area contributed by atoms with Gasteiger partial charge in [-0.3, -0.25) is 0 Å². The highest BCUT2D eigenvalue weighted by Gasteiger charge is 2.33. The summed E-state index contributed by atoms with van der Waals surface area (Å²) < 4.78 is 4.09. The van der Waals surface area contributed by atoms with E-state index in [1.165, 1.54) is 11.5 Å². The summed E-state index contributed by atoms with van der Waals surface area (Å²) in [6.45, 7) is 4.09. The third-order valence-electron chi connectivity index (χ3n) is 2.15. The predicted octanol–water partition coefficient (Wildman–Crippen LogP) is 0.945. The fourth-order valence-electron chi connectivity index (χ4n) is 1.07. The zero-order valence-electron chi connectivity index (χ0n) is 7.32. The van der Waals surface area contributed by atoms with E-state index in [9.17, 15) is 5.11 Å². The minimum Gasteiger partial charge on any atom is -0.382 e. The Labute approximate surface area is 76.4 Å². The molecular formula is C8H14N2OS. The van der Waals surface area contributed by atoms with E-state index in [4.69, 9.17) is 5.73 Å². The van der Waals surface area contributed by atoms with Crippen LogP contribution in [0.4, 0.5) is 0 Å². The lowest BCUT2D eigenvalue weighted by Gasteiger charge is -2.28. The topological polar surface area (TPSA) is 59.1 Å². The molecule has 3 N–H and O–H groups in total. The van der Waals surface area contributed by atoms with Crippen LogP contribution in [0.25, 0.3) is 0 Å². The molecule has 0 radical (unpaired) electrons. The van der Waals surface area contributed by atoms with Crippen molar-refractivity contribution in [3.05, 3.63) is 17.1 Å². The molecule has 12 heavy (non-hydrogen) atoms. The fourth-order valence-corrected chi connectivity index (χ4v) is 1.66. The van der Waals surface area contributed by atoms with Gasteiger partial charge in [0.05, 0.1) is 5.69 Å². The van der Waals surface area contributed by atoms with E-state index in [0.29, 0.717) is 5.69 Å². The van der Waals surface area contributed by atoms with Crippen LogP contribution < -0.4 is 5.73 Å². The van der Waals surface area contributed by atoms with Gasteiger partial charge in [0.25, 0.3) is 0 Å². The Hall–Kier alpha value is -0.450. The maximum absolute atomic E-state index is 10.1. The second kappa shape index (κ2) is 3.51. The quantitative estimate of drug-likeness (QED) is 0.738. The van der Waals surface area contributed by atoms with Gasteiger partial charge in [-0.1, -0.05) is 13.8 Å². The second-order valence-electron chi connectivity index (χ2n) is 3.17. The Balaban J connectivity index is 2.96. The van der Waals surface area contributed by atoms with Crippen LogP contribution in [-0.2, 0) is 5.60 Å². The molecule has 0 aliphatic rings. The van der Waals surface area contributed by atoms with Crippen LogP contribution in [0.3, 0.4) is 0 Å². The van der Waals surface area contributed by atoms with Crippen molar-refractivity contribution in [2.24, 2.45) is 11.7 Å². The van der Waals surface area contributed by atoms with Crippen LogP contribution in [0, 0.1) is 5.92 Å². The first-order chi connectivity index (χ1) is 5.61. The standard InChI is InChI=1S/C8H14N2OS/c1-6(2)8(11,5-9)7-3-4-12-10-7/h3-4,6,11H,5,9H2,1-2H3. The smallest absolute Gasteiger partial charge is 0.122 e. The molecule has 0 fully saturated rings. The van der Waals surface area contributed by atoms with Crippen molar-refractivity contribution in [3.8, 4) is 0 Å². The highest BCUT2D eigenvalue weighted by Crippen LogP contribution is 2.27. The van der Waals surface area contributed by atoms with E-state index in [1.54, 1.807) is 0 Å². The number of aliphatic hydroxyl groups is 1. The van der Waals surface area contributed by atoms with Crippen molar-refractivity contribution < 1.29 is 5.11 Å². The van der Waals surface area contributed by atoms with Gasteiger partial charge in [0, 0.05) is 11.9 Å². The summed E-state index contributed by atoms with van der Waals surface area (Å²) in [5.74, 6) is 0.0876. The van der Waals surface area contributed by atoms with Crippen molar-refractivity contribution in [3.63, 3.8) is 0 Å². The summed E-state index contributed by atoms with van der Waals surface area (Å²) in [4.78, 5) is 0. The first-order valence-corrected chi connectivity index (χ1v) is 4.78. The van der Waals surface area contributed by atoms with Gasteiger partial charge in [-0.05, 0) is 23.5 Å². The van der Waals surface area contributed by atoms with Crippen LogP contribution in [-0.4, -0.2) is 16.0 Å². The van der Waals surface area contributed by atoms with Crippen molar-refractivity contribution in [2.75, 3.05) is 6.54 Å². The highest BCUT2D eigenvalue weighted by atomic mass is 32.1. The van der Waals surface area contributed by atoms with E-state index in [-0.39, 0.29) is 12.5 Å². The largest absolute Gasteiger partial charge is 0.382 e. The zero-order valence-corrected chi connectivity index (χ0v) is 8.14. The average Bonchev–Trinajstić information content (AvgIpc) is 2.54. The minimum absolute atomic E-state index is 0.0876. The first-order valence-electron chi connectivity index (χ1n) is 3.94. The number of hydrogen-bond acceptors (Lipinski definition) is 4. The predicted molar refractivity (Wildman–Crippen MR) is 49.9 cm³/mol. The average molecular weight is 186 g/mol. The van der Waals surface area contributed by atoms with E-state index >= 15 is 0 Å². The molecule has 1 aromatic rings. The lowest BCUT2D eigenvalue weighted by atomic mass is 9.87. The Bertz CT molecular complexity index is 235. The maximum Gasteiger partial charge on any atom is 0.122 e. The molecule has 68 valence electrons. The summed E-state index contributed by atoms with van der Waals surface area (Å²) in [5, 5.41) is 11.9. The number of hydrogen-bond donors (Lipinski definition) is 2. The Morgan fingerprint density at radius 3 is 2.75 bits per heavy atom. The van der Waals surface area contributed by atoms with Crippen molar-refractivity contribution in [1.82, 2.24) is 4.37 Å². The maximum atomic E-state index is 10.1. The number of nitrogens with two attached hydrogens (primary N) is 1.